The Morgan fingerprint density at radius 1 is 1.11 bits per heavy atom. The molecule has 0 saturated heterocycles. The minimum Gasteiger partial charge on any atom is -0.541 e. The standard InChI is InChI=1S/C12H24NO2.C2H6.CH3.K/c1-6-13-7-11(2,3)9-15-10-12(4,5)8-14;1-2;;/h13H,6-7,9-10H2,1-5H3;1-2H3;1H3;/q-1;;-1;+1. The first-order chi connectivity index (χ1) is 7.83. The van der Waals surface area contributed by atoms with E-state index >= 15 is 0 Å². The van der Waals surface area contributed by atoms with Crippen molar-refractivity contribution in [2.75, 3.05) is 26.3 Å². The van der Waals surface area contributed by atoms with Crippen molar-refractivity contribution in [2.45, 2.75) is 48.5 Å². The van der Waals surface area contributed by atoms with Crippen molar-refractivity contribution in [1.29, 1.82) is 0 Å². The molecule has 112 valence electrons. The maximum atomic E-state index is 10.5. The molecule has 0 saturated carbocycles. The van der Waals surface area contributed by atoms with Crippen molar-refractivity contribution < 1.29 is 60.9 Å². The topological polar surface area (TPSA) is 38.3 Å². The van der Waals surface area contributed by atoms with Crippen LogP contribution in [-0.2, 0) is 9.53 Å². The van der Waals surface area contributed by atoms with Crippen molar-refractivity contribution in [3.05, 3.63) is 7.43 Å². The van der Waals surface area contributed by atoms with Gasteiger partial charge in [-0.1, -0.05) is 48.5 Å². The van der Waals surface area contributed by atoms with Crippen molar-refractivity contribution in [3.63, 3.8) is 0 Å². The van der Waals surface area contributed by atoms with E-state index in [0.717, 1.165) is 13.1 Å². The van der Waals surface area contributed by atoms with Crippen LogP contribution in [0.3, 0.4) is 0 Å². The molecule has 0 aliphatic rings. The summed E-state index contributed by atoms with van der Waals surface area (Å²) in [5.74, 6) is 0. The van der Waals surface area contributed by atoms with Crippen LogP contribution in [0.15, 0.2) is 0 Å². The molecule has 0 spiro atoms. The van der Waals surface area contributed by atoms with Crippen LogP contribution >= 0.6 is 0 Å². The zero-order valence-corrected chi connectivity index (χ0v) is 17.8. The van der Waals surface area contributed by atoms with Crippen molar-refractivity contribution in [1.82, 2.24) is 5.32 Å². The van der Waals surface area contributed by atoms with Crippen LogP contribution in [0.5, 0.6) is 0 Å². The Balaban J connectivity index is -0.000000267. The van der Waals surface area contributed by atoms with Gasteiger partial charge in [0.05, 0.1) is 6.61 Å². The Morgan fingerprint density at radius 2 is 1.58 bits per heavy atom. The van der Waals surface area contributed by atoms with Crippen LogP contribution < -0.4 is 56.7 Å². The van der Waals surface area contributed by atoms with E-state index in [1.807, 2.05) is 34.0 Å². The van der Waals surface area contributed by atoms with Crippen molar-refractivity contribution in [2.24, 2.45) is 10.8 Å². The van der Waals surface area contributed by atoms with E-state index in [4.69, 9.17) is 4.74 Å². The second-order valence-corrected chi connectivity index (χ2v) is 5.42. The van der Waals surface area contributed by atoms with E-state index in [2.05, 4.69) is 26.1 Å². The maximum Gasteiger partial charge on any atom is 1.00 e. The molecule has 0 heterocycles. The van der Waals surface area contributed by atoms with Crippen LogP contribution in [0.1, 0.15) is 48.5 Å². The number of carbonyl (C=O) groups excluding carboxylic acids is 1. The van der Waals surface area contributed by atoms with Crippen molar-refractivity contribution >= 4 is 6.29 Å². The SMILES string of the molecule is CC.CCNCC(C)(C)COCC(C)(C)[C-]=O.[CH3-].[K+]. The zero-order valence-electron chi connectivity index (χ0n) is 14.6. The molecule has 3 nitrogen and oxygen atoms in total. The quantitative estimate of drug-likeness (QED) is 0.516. The maximum absolute atomic E-state index is 10.5. The van der Waals surface area contributed by atoms with Gasteiger partial charge >= 0.3 is 51.4 Å². The molecule has 0 radical (unpaired) electrons. The molecule has 0 aromatic heterocycles. The largest absolute Gasteiger partial charge is 1.00 e. The first-order valence-corrected chi connectivity index (χ1v) is 6.51. The summed E-state index contributed by atoms with van der Waals surface area (Å²) < 4.78 is 5.55. The number of hydrogen-bond acceptors (Lipinski definition) is 3. The van der Waals surface area contributed by atoms with Crippen LogP contribution in [0.2, 0.25) is 0 Å². The summed E-state index contributed by atoms with van der Waals surface area (Å²) >= 11 is 0. The molecule has 0 bridgehead atoms. The van der Waals surface area contributed by atoms with Gasteiger partial charge in [0.2, 0.25) is 0 Å². The Hall–Kier alpha value is 1.23. The van der Waals surface area contributed by atoms with Gasteiger partial charge in [0, 0.05) is 18.6 Å². The van der Waals surface area contributed by atoms with Gasteiger partial charge in [-0.3, -0.25) is 6.29 Å². The third-order valence-electron chi connectivity index (χ3n) is 2.09. The number of nitrogens with one attached hydrogen (secondary N) is 1. The normalized spacial score (nSPS) is 10.5. The predicted molar refractivity (Wildman–Crippen MR) is 80.4 cm³/mol. The van der Waals surface area contributed by atoms with E-state index in [0.29, 0.717) is 13.2 Å². The molecule has 19 heavy (non-hydrogen) atoms. The molecule has 0 unspecified atom stereocenters. The van der Waals surface area contributed by atoms with Crippen LogP contribution in [-0.4, -0.2) is 32.6 Å². The summed E-state index contributed by atoms with van der Waals surface area (Å²) in [7, 11) is 0. The van der Waals surface area contributed by atoms with Gasteiger partial charge in [-0.2, -0.15) is 0 Å². The molecule has 0 aromatic rings. The van der Waals surface area contributed by atoms with Crippen LogP contribution in [0.4, 0.5) is 0 Å². The first-order valence-electron chi connectivity index (χ1n) is 6.51. The second kappa shape index (κ2) is 15.6. The molecule has 0 aliphatic carbocycles. The molecule has 4 heteroatoms. The summed E-state index contributed by atoms with van der Waals surface area (Å²) in [5.41, 5.74) is -0.386. The summed E-state index contributed by atoms with van der Waals surface area (Å²) in [5, 5.41) is 3.29. The Morgan fingerprint density at radius 3 is 1.95 bits per heavy atom. The monoisotopic (exact) mass is 298 g/mol. The van der Waals surface area contributed by atoms with Crippen LogP contribution in [0, 0.1) is 18.3 Å². The second-order valence-electron chi connectivity index (χ2n) is 5.42. The molecule has 0 aliphatic heterocycles. The Bertz CT molecular complexity index is 195. The summed E-state index contributed by atoms with van der Waals surface area (Å²) in [4.78, 5) is 10.5. The molecule has 1 N–H and O–H groups in total. The molecule has 0 rings (SSSR count). The van der Waals surface area contributed by atoms with Gasteiger partial charge in [-0.15, -0.1) is 5.41 Å². The number of ether oxygens (including phenoxy) is 1. The van der Waals surface area contributed by atoms with Gasteiger partial charge in [-0.05, 0) is 6.54 Å². The fraction of sp³-hybridized carbons (Fsp3) is 0.867. The zero-order chi connectivity index (χ0) is 13.9. The third-order valence-corrected chi connectivity index (χ3v) is 2.09. The van der Waals surface area contributed by atoms with E-state index in [1.54, 1.807) is 0 Å². The van der Waals surface area contributed by atoms with E-state index in [9.17, 15) is 4.79 Å². The molecule has 0 fully saturated rings. The third kappa shape index (κ3) is 19.2. The summed E-state index contributed by atoms with van der Waals surface area (Å²) in [6, 6.07) is 0. The van der Waals surface area contributed by atoms with Gasteiger partial charge in [0.15, 0.2) is 0 Å². The Labute approximate surface area is 164 Å². The van der Waals surface area contributed by atoms with Crippen molar-refractivity contribution in [3.8, 4) is 0 Å². The Kier molecular flexibility index (Phi) is 23.3. The number of rotatable bonds is 8. The fourth-order valence-electron chi connectivity index (χ4n) is 1.13. The molecule has 0 atom stereocenters. The minimum absolute atomic E-state index is 0. The minimum atomic E-state index is -0.492. The average molecular weight is 299 g/mol. The molecule has 0 aromatic carbocycles. The van der Waals surface area contributed by atoms with E-state index < -0.39 is 5.41 Å². The predicted octanol–water partition coefficient (Wildman–Crippen LogP) is 0.255. The molecule has 0 amide bonds. The smallest absolute Gasteiger partial charge is 0.541 e. The van der Waals surface area contributed by atoms with Crippen LogP contribution in [0.25, 0.3) is 0 Å². The summed E-state index contributed by atoms with van der Waals surface area (Å²) in [6.45, 7) is 17.0. The van der Waals surface area contributed by atoms with Gasteiger partial charge in [0.25, 0.3) is 0 Å². The van der Waals surface area contributed by atoms with Gasteiger partial charge in [-0.25, -0.2) is 0 Å². The molecular weight excluding hydrogens is 265 g/mol. The first kappa shape index (κ1) is 28.4. The van der Waals surface area contributed by atoms with Gasteiger partial charge < -0.3 is 22.3 Å². The van der Waals surface area contributed by atoms with E-state index in [-0.39, 0.29) is 64.2 Å². The fourth-order valence-corrected chi connectivity index (χ4v) is 1.13. The van der Waals surface area contributed by atoms with Gasteiger partial charge in [0.1, 0.15) is 0 Å². The summed E-state index contributed by atoms with van der Waals surface area (Å²) in [6.07, 6.45) is 1.98. The van der Waals surface area contributed by atoms with E-state index in [1.165, 1.54) is 0 Å². The average Bonchev–Trinajstić information content (AvgIpc) is 2.29. The number of hydrogen-bond donors (Lipinski definition) is 1. The molecular formula is C15H33KNO2-.